The molecule has 0 saturated carbocycles. The number of carbonyl (C=O) groups excluding carboxylic acids is 2. The molecule has 158 valence electrons. The van der Waals surface area contributed by atoms with Gasteiger partial charge in [0.25, 0.3) is 0 Å². The number of ether oxygens (including phenoxy) is 2. The molecule has 0 aliphatic heterocycles. The van der Waals surface area contributed by atoms with Crippen LogP contribution in [0.4, 0.5) is 9.59 Å². The monoisotopic (exact) mass is 394 g/mol. The first-order chi connectivity index (χ1) is 13.7. The molecule has 8 heteroatoms. The van der Waals surface area contributed by atoms with Crippen molar-refractivity contribution < 1.29 is 19.1 Å². The van der Waals surface area contributed by atoms with Crippen LogP contribution in [-0.4, -0.2) is 61.5 Å². The van der Waals surface area contributed by atoms with Gasteiger partial charge in [0.1, 0.15) is 13.2 Å². The second kappa shape index (κ2) is 15.7. The van der Waals surface area contributed by atoms with Gasteiger partial charge in [-0.2, -0.15) is 0 Å². The van der Waals surface area contributed by atoms with Gasteiger partial charge in [-0.1, -0.05) is 32.8 Å². The topological polar surface area (TPSA) is 92.8 Å². The number of carbonyl (C=O) groups is 2. The van der Waals surface area contributed by atoms with E-state index in [9.17, 15) is 9.59 Å². The van der Waals surface area contributed by atoms with E-state index in [4.69, 9.17) is 9.47 Å². The summed E-state index contributed by atoms with van der Waals surface area (Å²) in [5.74, 6) is 0. The third-order valence-electron chi connectivity index (χ3n) is 3.99. The van der Waals surface area contributed by atoms with Crippen molar-refractivity contribution in [3.05, 3.63) is 30.1 Å². The van der Waals surface area contributed by atoms with Crippen LogP contribution < -0.4 is 10.6 Å². The molecule has 1 aromatic heterocycles. The molecular weight excluding hydrogens is 360 g/mol. The fraction of sp³-hybridized carbons (Fsp3) is 0.650. The summed E-state index contributed by atoms with van der Waals surface area (Å²) in [7, 11) is 0. The van der Waals surface area contributed by atoms with Crippen LogP contribution in [0.2, 0.25) is 0 Å². The SMILES string of the molecule is CCCCNC(=O)OCCN(CCOC(=O)NCCCC)Cc1ccccn1. The molecule has 0 aliphatic rings. The zero-order chi connectivity index (χ0) is 20.5. The Bertz CT molecular complexity index is 514. The largest absolute Gasteiger partial charge is 0.448 e. The Hall–Kier alpha value is -2.35. The van der Waals surface area contributed by atoms with Gasteiger partial charge in [-0.15, -0.1) is 0 Å². The van der Waals surface area contributed by atoms with E-state index in [0.29, 0.717) is 32.7 Å². The van der Waals surface area contributed by atoms with Gasteiger partial charge in [0.2, 0.25) is 0 Å². The van der Waals surface area contributed by atoms with Crippen LogP contribution in [0.5, 0.6) is 0 Å². The van der Waals surface area contributed by atoms with Gasteiger partial charge in [-0.05, 0) is 25.0 Å². The molecule has 0 saturated heterocycles. The molecule has 0 bridgehead atoms. The van der Waals surface area contributed by atoms with Crippen molar-refractivity contribution in [1.82, 2.24) is 20.5 Å². The first-order valence-electron chi connectivity index (χ1n) is 10.1. The van der Waals surface area contributed by atoms with E-state index < -0.39 is 12.2 Å². The van der Waals surface area contributed by atoms with Gasteiger partial charge in [0.15, 0.2) is 0 Å². The first-order valence-corrected chi connectivity index (χ1v) is 10.1. The normalized spacial score (nSPS) is 10.5. The highest BCUT2D eigenvalue weighted by atomic mass is 16.6. The van der Waals surface area contributed by atoms with Crippen molar-refractivity contribution in [2.24, 2.45) is 0 Å². The lowest BCUT2D eigenvalue weighted by atomic mass is 10.3. The second-order valence-electron chi connectivity index (χ2n) is 6.43. The Balaban J connectivity index is 2.37. The molecule has 2 amide bonds. The van der Waals surface area contributed by atoms with Gasteiger partial charge in [-0.3, -0.25) is 9.88 Å². The number of hydrogen-bond donors (Lipinski definition) is 2. The maximum absolute atomic E-state index is 11.6. The number of rotatable bonds is 14. The van der Waals surface area contributed by atoms with Gasteiger partial charge >= 0.3 is 12.2 Å². The summed E-state index contributed by atoms with van der Waals surface area (Å²) in [4.78, 5) is 29.7. The van der Waals surface area contributed by atoms with E-state index in [-0.39, 0.29) is 13.2 Å². The summed E-state index contributed by atoms with van der Waals surface area (Å²) in [5, 5.41) is 5.44. The summed E-state index contributed by atoms with van der Waals surface area (Å²) in [6.07, 6.45) is 4.82. The van der Waals surface area contributed by atoms with Crippen LogP contribution in [-0.2, 0) is 16.0 Å². The zero-order valence-electron chi connectivity index (χ0n) is 17.1. The van der Waals surface area contributed by atoms with E-state index in [1.807, 2.05) is 23.1 Å². The summed E-state index contributed by atoms with van der Waals surface area (Å²) >= 11 is 0. The van der Waals surface area contributed by atoms with Crippen LogP contribution in [0.3, 0.4) is 0 Å². The quantitative estimate of drug-likeness (QED) is 0.471. The van der Waals surface area contributed by atoms with E-state index >= 15 is 0 Å². The predicted molar refractivity (Wildman–Crippen MR) is 108 cm³/mol. The van der Waals surface area contributed by atoms with Gasteiger partial charge in [0, 0.05) is 38.9 Å². The van der Waals surface area contributed by atoms with E-state index in [1.54, 1.807) is 6.20 Å². The lowest BCUT2D eigenvalue weighted by Gasteiger charge is -2.21. The van der Waals surface area contributed by atoms with Crippen LogP contribution in [0.1, 0.15) is 45.2 Å². The lowest BCUT2D eigenvalue weighted by Crippen LogP contribution is -2.35. The van der Waals surface area contributed by atoms with Gasteiger partial charge < -0.3 is 20.1 Å². The van der Waals surface area contributed by atoms with E-state index in [0.717, 1.165) is 31.4 Å². The highest BCUT2D eigenvalue weighted by Crippen LogP contribution is 2.01. The van der Waals surface area contributed by atoms with Gasteiger partial charge in [0.05, 0.1) is 5.69 Å². The number of nitrogens with zero attached hydrogens (tertiary/aromatic N) is 2. The molecule has 0 aliphatic carbocycles. The highest BCUT2D eigenvalue weighted by Gasteiger charge is 2.10. The van der Waals surface area contributed by atoms with Crippen LogP contribution in [0, 0.1) is 0 Å². The van der Waals surface area contributed by atoms with Crippen molar-refractivity contribution in [2.75, 3.05) is 39.4 Å². The van der Waals surface area contributed by atoms with Gasteiger partial charge in [-0.25, -0.2) is 9.59 Å². The summed E-state index contributed by atoms with van der Waals surface area (Å²) in [6, 6.07) is 5.72. The molecule has 1 heterocycles. The van der Waals surface area contributed by atoms with E-state index in [2.05, 4.69) is 29.5 Å². The Kier molecular flexibility index (Phi) is 13.3. The average Bonchev–Trinajstić information content (AvgIpc) is 2.69. The number of alkyl carbamates (subject to hydrolysis) is 2. The highest BCUT2D eigenvalue weighted by molar-refractivity contribution is 5.67. The number of nitrogens with one attached hydrogen (secondary N) is 2. The third-order valence-corrected chi connectivity index (χ3v) is 3.99. The molecule has 0 aromatic carbocycles. The Labute approximate surface area is 168 Å². The molecule has 2 N–H and O–H groups in total. The predicted octanol–water partition coefficient (Wildman–Crippen LogP) is 2.94. The van der Waals surface area contributed by atoms with Crippen molar-refractivity contribution in [3.63, 3.8) is 0 Å². The Morgan fingerprint density at radius 2 is 1.54 bits per heavy atom. The summed E-state index contributed by atoms with van der Waals surface area (Å²) in [6.45, 7) is 7.52. The molecule has 0 radical (unpaired) electrons. The average molecular weight is 395 g/mol. The van der Waals surface area contributed by atoms with Crippen molar-refractivity contribution >= 4 is 12.2 Å². The van der Waals surface area contributed by atoms with Crippen LogP contribution >= 0.6 is 0 Å². The minimum absolute atomic E-state index is 0.257. The zero-order valence-corrected chi connectivity index (χ0v) is 17.1. The van der Waals surface area contributed by atoms with Crippen molar-refractivity contribution in [1.29, 1.82) is 0 Å². The second-order valence-corrected chi connectivity index (χ2v) is 6.43. The summed E-state index contributed by atoms with van der Waals surface area (Å²) < 4.78 is 10.4. The molecule has 8 nitrogen and oxygen atoms in total. The first kappa shape index (κ1) is 23.7. The number of amides is 2. The standard InChI is InChI=1S/C20H34N4O4/c1-3-5-10-22-19(25)27-15-13-24(17-18-9-7-8-12-21-18)14-16-28-20(26)23-11-6-4-2/h7-9,12H,3-6,10-11,13-17H2,1-2H3,(H,22,25)(H,23,26). The number of pyridine rings is 1. The van der Waals surface area contributed by atoms with E-state index in [1.165, 1.54) is 0 Å². The molecule has 0 unspecified atom stereocenters. The minimum atomic E-state index is -0.405. The fourth-order valence-electron chi connectivity index (χ4n) is 2.36. The molecule has 28 heavy (non-hydrogen) atoms. The fourth-order valence-corrected chi connectivity index (χ4v) is 2.36. The van der Waals surface area contributed by atoms with Crippen LogP contribution in [0.25, 0.3) is 0 Å². The number of hydrogen-bond acceptors (Lipinski definition) is 6. The molecular formula is C20H34N4O4. The molecule has 0 fully saturated rings. The van der Waals surface area contributed by atoms with Crippen molar-refractivity contribution in [3.8, 4) is 0 Å². The Morgan fingerprint density at radius 3 is 2.00 bits per heavy atom. The van der Waals surface area contributed by atoms with Crippen molar-refractivity contribution in [2.45, 2.75) is 46.1 Å². The molecule has 1 rings (SSSR count). The summed E-state index contributed by atoms with van der Waals surface area (Å²) in [5.41, 5.74) is 0.905. The molecule has 1 aromatic rings. The maximum atomic E-state index is 11.6. The minimum Gasteiger partial charge on any atom is -0.448 e. The van der Waals surface area contributed by atoms with Crippen LogP contribution in [0.15, 0.2) is 24.4 Å². The molecule has 0 atom stereocenters. The Morgan fingerprint density at radius 1 is 0.964 bits per heavy atom. The smallest absolute Gasteiger partial charge is 0.407 e. The maximum Gasteiger partial charge on any atom is 0.407 e. The lowest BCUT2D eigenvalue weighted by molar-refractivity contribution is 0.103. The number of aromatic nitrogens is 1. The molecule has 0 spiro atoms. The third kappa shape index (κ3) is 12.1. The number of unbranched alkanes of at least 4 members (excludes halogenated alkanes) is 2.